The zero-order valence-corrected chi connectivity index (χ0v) is 10.8. The second-order valence-corrected chi connectivity index (χ2v) is 5.16. The molecule has 1 aliphatic heterocycles. The minimum absolute atomic E-state index is 1.01. The van der Waals surface area contributed by atoms with Gasteiger partial charge < -0.3 is 4.90 Å². The highest BCUT2D eigenvalue weighted by molar-refractivity contribution is 4.72. The normalized spacial score (nSPS) is 23.2. The van der Waals surface area contributed by atoms with Crippen LogP contribution in [0.5, 0.6) is 0 Å². The number of hydrogen-bond acceptors (Lipinski definition) is 1. The molecule has 0 aliphatic carbocycles. The van der Waals surface area contributed by atoms with Gasteiger partial charge in [-0.15, -0.1) is 0 Å². The van der Waals surface area contributed by atoms with E-state index in [0.717, 1.165) is 5.92 Å². The van der Waals surface area contributed by atoms with Crippen molar-refractivity contribution in [3.8, 4) is 0 Å². The summed E-state index contributed by atoms with van der Waals surface area (Å²) >= 11 is 0. The van der Waals surface area contributed by atoms with E-state index in [2.05, 4.69) is 18.7 Å². The second kappa shape index (κ2) is 8.15. The molecular formula is C14H29N. The average Bonchev–Trinajstić information content (AvgIpc) is 2.27. The summed E-state index contributed by atoms with van der Waals surface area (Å²) in [4.78, 5) is 2.71. The minimum atomic E-state index is 1.01. The molecule has 0 N–H and O–H groups in total. The first-order valence-electron chi connectivity index (χ1n) is 7.09. The summed E-state index contributed by atoms with van der Waals surface area (Å²) in [7, 11) is 0. The first-order valence-corrected chi connectivity index (χ1v) is 7.09. The first kappa shape index (κ1) is 13.0. The van der Waals surface area contributed by atoms with Gasteiger partial charge in [0.2, 0.25) is 0 Å². The van der Waals surface area contributed by atoms with Crippen molar-refractivity contribution >= 4 is 0 Å². The van der Waals surface area contributed by atoms with E-state index in [9.17, 15) is 0 Å². The SMILES string of the molecule is CCCCCN1CCCC(CCCC)C1. The van der Waals surface area contributed by atoms with Crippen LogP contribution in [-0.4, -0.2) is 24.5 Å². The smallest absolute Gasteiger partial charge is 0.000966 e. The van der Waals surface area contributed by atoms with Gasteiger partial charge in [-0.25, -0.2) is 0 Å². The zero-order valence-electron chi connectivity index (χ0n) is 10.8. The summed E-state index contributed by atoms with van der Waals surface area (Å²) in [5.41, 5.74) is 0. The van der Waals surface area contributed by atoms with E-state index in [0.29, 0.717) is 0 Å². The van der Waals surface area contributed by atoms with Crippen molar-refractivity contribution in [2.24, 2.45) is 5.92 Å². The number of piperidine rings is 1. The van der Waals surface area contributed by atoms with E-state index in [1.807, 2.05) is 0 Å². The van der Waals surface area contributed by atoms with E-state index in [4.69, 9.17) is 0 Å². The fourth-order valence-electron chi connectivity index (χ4n) is 2.67. The molecule has 0 amide bonds. The van der Waals surface area contributed by atoms with Gasteiger partial charge in [-0.2, -0.15) is 0 Å². The molecule has 15 heavy (non-hydrogen) atoms. The molecule has 0 aromatic heterocycles. The molecule has 1 heteroatoms. The Kier molecular flexibility index (Phi) is 7.08. The van der Waals surface area contributed by atoms with Crippen LogP contribution in [0.1, 0.15) is 65.2 Å². The van der Waals surface area contributed by atoms with Crippen molar-refractivity contribution in [1.29, 1.82) is 0 Å². The second-order valence-electron chi connectivity index (χ2n) is 5.16. The molecule has 1 unspecified atom stereocenters. The van der Waals surface area contributed by atoms with Gasteiger partial charge in [0.15, 0.2) is 0 Å². The predicted molar refractivity (Wildman–Crippen MR) is 68.2 cm³/mol. The molecule has 0 saturated carbocycles. The molecule has 0 aromatic carbocycles. The summed E-state index contributed by atoms with van der Waals surface area (Å²) < 4.78 is 0. The van der Waals surface area contributed by atoms with Crippen LogP contribution in [0, 0.1) is 5.92 Å². The molecule has 1 aliphatic rings. The first-order chi connectivity index (χ1) is 7.36. The van der Waals surface area contributed by atoms with Gasteiger partial charge >= 0.3 is 0 Å². The lowest BCUT2D eigenvalue weighted by molar-refractivity contribution is 0.164. The van der Waals surface area contributed by atoms with Crippen LogP contribution in [0.4, 0.5) is 0 Å². The molecule has 0 radical (unpaired) electrons. The van der Waals surface area contributed by atoms with Crippen molar-refractivity contribution in [1.82, 2.24) is 4.90 Å². The van der Waals surface area contributed by atoms with E-state index >= 15 is 0 Å². The fraction of sp³-hybridized carbons (Fsp3) is 1.00. The average molecular weight is 211 g/mol. The highest BCUT2D eigenvalue weighted by atomic mass is 15.1. The standard InChI is InChI=1S/C14H29N/c1-3-5-7-11-15-12-8-10-14(13-15)9-6-4-2/h14H,3-13H2,1-2H3. The van der Waals surface area contributed by atoms with Crippen LogP contribution in [0.3, 0.4) is 0 Å². The number of unbranched alkanes of at least 4 members (excludes halogenated alkanes) is 3. The molecule has 1 saturated heterocycles. The van der Waals surface area contributed by atoms with Crippen LogP contribution in [-0.2, 0) is 0 Å². The predicted octanol–water partition coefficient (Wildman–Crippen LogP) is 4.08. The summed E-state index contributed by atoms with van der Waals surface area (Å²) in [6.07, 6.45) is 11.4. The quantitative estimate of drug-likeness (QED) is 0.574. The Labute approximate surface area is 96.2 Å². The van der Waals surface area contributed by atoms with Gasteiger partial charge in [0.25, 0.3) is 0 Å². The van der Waals surface area contributed by atoms with Crippen LogP contribution >= 0.6 is 0 Å². The van der Waals surface area contributed by atoms with Crippen molar-refractivity contribution < 1.29 is 0 Å². The fourth-order valence-corrected chi connectivity index (χ4v) is 2.67. The topological polar surface area (TPSA) is 3.24 Å². The Morgan fingerprint density at radius 2 is 1.87 bits per heavy atom. The lowest BCUT2D eigenvalue weighted by Gasteiger charge is -2.32. The van der Waals surface area contributed by atoms with Gasteiger partial charge in [-0.3, -0.25) is 0 Å². The molecule has 1 nitrogen and oxygen atoms in total. The van der Waals surface area contributed by atoms with Crippen molar-refractivity contribution in [2.45, 2.75) is 65.2 Å². The van der Waals surface area contributed by atoms with Crippen molar-refractivity contribution in [2.75, 3.05) is 19.6 Å². The maximum Gasteiger partial charge on any atom is 0.000966 e. The summed E-state index contributed by atoms with van der Waals surface area (Å²) in [6, 6.07) is 0. The third-order valence-corrected chi connectivity index (χ3v) is 3.65. The van der Waals surface area contributed by atoms with Crippen LogP contribution in [0.15, 0.2) is 0 Å². The molecule has 0 spiro atoms. The van der Waals surface area contributed by atoms with E-state index < -0.39 is 0 Å². The highest BCUT2D eigenvalue weighted by Crippen LogP contribution is 2.21. The lowest BCUT2D eigenvalue weighted by atomic mass is 9.93. The van der Waals surface area contributed by atoms with Gasteiger partial charge in [-0.05, 0) is 44.7 Å². The lowest BCUT2D eigenvalue weighted by Crippen LogP contribution is -2.36. The molecule has 1 atom stereocenters. The minimum Gasteiger partial charge on any atom is -0.303 e. The number of likely N-dealkylation sites (tertiary alicyclic amines) is 1. The van der Waals surface area contributed by atoms with E-state index in [1.165, 1.54) is 71.0 Å². The Morgan fingerprint density at radius 1 is 1.07 bits per heavy atom. The van der Waals surface area contributed by atoms with Gasteiger partial charge in [0.1, 0.15) is 0 Å². The molecule has 0 aromatic rings. The number of hydrogen-bond donors (Lipinski definition) is 0. The van der Waals surface area contributed by atoms with Gasteiger partial charge in [-0.1, -0.05) is 39.5 Å². The van der Waals surface area contributed by atoms with Crippen molar-refractivity contribution in [3.05, 3.63) is 0 Å². The summed E-state index contributed by atoms with van der Waals surface area (Å²) in [6.45, 7) is 8.72. The molecule has 90 valence electrons. The molecule has 1 heterocycles. The van der Waals surface area contributed by atoms with Crippen LogP contribution in [0.25, 0.3) is 0 Å². The Bertz CT molecular complexity index is 144. The third-order valence-electron chi connectivity index (χ3n) is 3.65. The van der Waals surface area contributed by atoms with Crippen LogP contribution < -0.4 is 0 Å². The van der Waals surface area contributed by atoms with E-state index in [-0.39, 0.29) is 0 Å². The number of rotatable bonds is 7. The van der Waals surface area contributed by atoms with Crippen molar-refractivity contribution in [3.63, 3.8) is 0 Å². The Morgan fingerprint density at radius 3 is 2.60 bits per heavy atom. The van der Waals surface area contributed by atoms with E-state index in [1.54, 1.807) is 0 Å². The summed E-state index contributed by atoms with van der Waals surface area (Å²) in [5.74, 6) is 1.01. The monoisotopic (exact) mass is 211 g/mol. The number of nitrogens with zero attached hydrogens (tertiary/aromatic N) is 1. The van der Waals surface area contributed by atoms with Gasteiger partial charge in [0, 0.05) is 6.54 Å². The zero-order chi connectivity index (χ0) is 10.9. The molecule has 1 fully saturated rings. The van der Waals surface area contributed by atoms with Gasteiger partial charge in [0.05, 0.1) is 0 Å². The maximum absolute atomic E-state index is 2.71. The third kappa shape index (κ3) is 5.55. The van der Waals surface area contributed by atoms with Crippen LogP contribution in [0.2, 0.25) is 0 Å². The summed E-state index contributed by atoms with van der Waals surface area (Å²) in [5, 5.41) is 0. The molecular weight excluding hydrogens is 182 g/mol. The Hall–Kier alpha value is -0.0400. The largest absolute Gasteiger partial charge is 0.303 e. The molecule has 0 bridgehead atoms. The molecule has 1 rings (SSSR count). The highest BCUT2D eigenvalue weighted by Gasteiger charge is 2.18. The Balaban J connectivity index is 2.11. The maximum atomic E-state index is 2.71.